The Kier molecular flexibility index (Phi) is 15.1. The first-order chi connectivity index (χ1) is 45.7. The summed E-state index contributed by atoms with van der Waals surface area (Å²) in [5, 5.41) is 80.0. The molecule has 8 fully saturated rings. The maximum Gasteiger partial charge on any atom is 0.189 e. The molecule has 3 aromatic rings. The number of guanidine groups is 1. The Balaban J connectivity index is 1.02. The van der Waals surface area contributed by atoms with Crippen molar-refractivity contribution in [2.45, 2.75) is 227 Å². The normalized spacial score (nSPS) is 38.6. The lowest BCUT2D eigenvalue weighted by atomic mass is 9.34. The van der Waals surface area contributed by atoms with Crippen molar-refractivity contribution in [2.75, 3.05) is 33.0 Å². The van der Waals surface area contributed by atoms with E-state index in [2.05, 4.69) is 103 Å². The lowest BCUT2D eigenvalue weighted by Crippen LogP contribution is -2.68. The lowest BCUT2D eigenvalue weighted by molar-refractivity contribution is -0.234. The lowest BCUT2D eigenvalue weighted by Gasteiger charge is -2.71. The van der Waals surface area contributed by atoms with E-state index in [1.165, 1.54) is 16.7 Å². The van der Waals surface area contributed by atoms with E-state index in [1.54, 1.807) is 0 Å². The highest BCUT2D eigenvalue weighted by Gasteiger charge is 2.73. The number of phenols is 2. The number of benzene rings is 3. The molecule has 12 heteroatoms. The highest BCUT2D eigenvalue weighted by Crippen LogP contribution is 2.78. The van der Waals surface area contributed by atoms with E-state index in [0.29, 0.717) is 50.4 Å². The average molecular weight is 1270 g/mol. The molecule has 17 rings (SSSR count). The van der Waals surface area contributed by atoms with Crippen molar-refractivity contribution in [2.24, 2.45) is 73.8 Å². The van der Waals surface area contributed by atoms with Gasteiger partial charge in [0.25, 0.3) is 0 Å². The molecular formula is C82H101N3O9. The topological polar surface area (TPSA) is 207 Å². The van der Waals surface area contributed by atoms with Crippen molar-refractivity contribution in [1.82, 2.24) is 5.32 Å². The minimum absolute atomic E-state index is 0.0222. The first kappa shape index (κ1) is 61.9. The zero-order valence-corrected chi connectivity index (χ0v) is 55.5. The van der Waals surface area contributed by atoms with E-state index in [-0.39, 0.29) is 97.2 Å². The van der Waals surface area contributed by atoms with Crippen molar-refractivity contribution >= 4 is 11.7 Å². The molecule has 0 radical (unpaired) electrons. The van der Waals surface area contributed by atoms with Gasteiger partial charge in [-0.3, -0.25) is 4.79 Å². The molecule has 12 aliphatic carbocycles. The van der Waals surface area contributed by atoms with Crippen molar-refractivity contribution in [3.63, 3.8) is 0 Å². The third-order valence-electron chi connectivity index (χ3n) is 28.9. The van der Waals surface area contributed by atoms with E-state index < -0.39 is 62.5 Å². The number of allylic oxidation sites excluding steroid dienone is 5. The summed E-state index contributed by atoms with van der Waals surface area (Å²) in [7, 11) is 0. The van der Waals surface area contributed by atoms with Gasteiger partial charge >= 0.3 is 0 Å². The number of nitrogens with zero attached hydrogens (tertiary/aromatic N) is 1. The molecule has 0 amide bonds. The van der Waals surface area contributed by atoms with Crippen LogP contribution in [0.5, 0.6) is 17.2 Å². The molecule has 15 atom stereocenters. The first-order valence-corrected chi connectivity index (χ1v) is 37.2. The third kappa shape index (κ3) is 9.06. The number of rotatable bonds is 6. The predicted octanol–water partition coefficient (Wildman–Crippen LogP) is 13.3. The number of carbonyl (C=O) groups is 1. The van der Waals surface area contributed by atoms with Crippen molar-refractivity contribution in [1.29, 1.82) is 0 Å². The Labute approximate surface area is 556 Å². The second-order valence-electron chi connectivity index (χ2n) is 33.3. The first-order valence-electron chi connectivity index (χ1n) is 37.2. The number of ketones is 1. The summed E-state index contributed by atoms with van der Waals surface area (Å²) in [4.78, 5) is 22.0. The summed E-state index contributed by atoms with van der Waals surface area (Å²) in [6.45, 7) is 2.28. The van der Waals surface area contributed by atoms with Crippen LogP contribution in [-0.2, 0) is 25.9 Å². The molecular weight excluding hydrogens is 1170 g/mol. The summed E-state index contributed by atoms with van der Waals surface area (Å²) in [5.74, 6) is 6.71. The fourth-order valence-corrected chi connectivity index (χ4v) is 25.2. The van der Waals surface area contributed by atoms with Crippen LogP contribution < -0.4 is 15.8 Å². The van der Waals surface area contributed by atoms with Crippen molar-refractivity contribution in [3.8, 4) is 29.1 Å². The number of hydrogen-bond acceptors (Lipinski definition) is 12. The molecule has 15 unspecified atom stereocenters. The number of aromatic hydroxyl groups is 2. The molecule has 4 spiro atoms. The summed E-state index contributed by atoms with van der Waals surface area (Å²) >= 11 is 0. The number of fused-ring (bicyclic) bond motifs is 14. The fourth-order valence-electron chi connectivity index (χ4n) is 25.2. The van der Waals surface area contributed by atoms with E-state index in [1.807, 2.05) is 0 Å². The number of ether oxygens (including phenoxy) is 2. The number of aliphatic imine (C=N–C) groups is 1. The molecule has 3 aromatic carbocycles. The molecule has 498 valence electrons. The van der Waals surface area contributed by atoms with Crippen LogP contribution in [0.25, 0.3) is 0 Å². The van der Waals surface area contributed by atoms with Gasteiger partial charge in [-0.25, -0.2) is 4.99 Å². The quantitative estimate of drug-likeness (QED) is 0.0860. The molecule has 1 saturated heterocycles. The van der Waals surface area contributed by atoms with Crippen LogP contribution in [0.15, 0.2) is 101 Å². The summed E-state index contributed by atoms with van der Waals surface area (Å²) in [6, 6.07) is 17.6. The summed E-state index contributed by atoms with van der Waals surface area (Å²) in [6.07, 6.45) is 34.0. The summed E-state index contributed by atoms with van der Waals surface area (Å²) < 4.78 is 15.0. The van der Waals surface area contributed by atoms with Crippen LogP contribution in [0, 0.1) is 74.9 Å². The molecule has 12 nitrogen and oxygen atoms in total. The van der Waals surface area contributed by atoms with Gasteiger partial charge in [-0.15, -0.1) is 0 Å². The van der Waals surface area contributed by atoms with Gasteiger partial charge in [0.05, 0.1) is 50.2 Å². The highest BCUT2D eigenvalue weighted by atomic mass is 16.5. The number of aliphatic hydroxyl groups excluding tert-OH is 4. The van der Waals surface area contributed by atoms with Gasteiger partial charge in [0.15, 0.2) is 23.2 Å². The minimum atomic E-state index is -1.06. The number of carbonyl (C=O) groups excluding carboxylic acids is 1. The van der Waals surface area contributed by atoms with Gasteiger partial charge in [-0.2, -0.15) is 0 Å². The number of Topliss-reactive ketones (excluding diaryl/α,β-unsaturated/α-hetero) is 1. The van der Waals surface area contributed by atoms with Crippen LogP contribution in [0.3, 0.4) is 0 Å². The number of phenolic OH excluding ortho intramolecular Hbond substituents is 2. The Morgan fingerprint density at radius 2 is 1.55 bits per heavy atom. The Morgan fingerprint density at radius 3 is 2.33 bits per heavy atom. The Hall–Kier alpha value is -5.68. The van der Waals surface area contributed by atoms with Crippen LogP contribution in [-0.4, -0.2) is 93.7 Å². The van der Waals surface area contributed by atoms with E-state index in [4.69, 9.17) is 20.2 Å². The number of aliphatic hydroxyl groups is 4. The SMILES string of the molecule is CC1CC23C=CC4CC5CC6(CO)C=CCCC6C(CO)=C5C(=O)CC4c4cc(OC5CCCC5)c(O)c5c4C#CCC(CC4(CO)C=C2C2(C1)CC1C(OCC(CO)C16CCCC6)C4C52)N=C(N)NC1(CCCCC1)c1cccc(c1)C1(CCCC1)c1cc(O)cc3c1. The van der Waals surface area contributed by atoms with Gasteiger partial charge in [0.2, 0.25) is 0 Å². The smallest absolute Gasteiger partial charge is 0.189 e. The number of nitrogens with two attached hydrogens (primary N) is 1. The standard InChI is InChI=1S/C82H101N3O9/c1-49-38-80-30-22-50-31-51-40-76(47-88)23-8-5-21-64(76)63(45-87)69(51)66(91)36-61(50)62-37-67(94-59-18-3-4-19-59)73(92)70-60(62)20-14-17-57(41-77(48-89)43-68(80)81(39-49)42-65-74(72(77)71(70)81)93-46-56(44-86)79(65)26-11-12-27-79)84-75(83)85-82(28-6-2-7-29-82)53-16-13-15-52(32-53)78(24-9-10-25-78)54-33-55(80)35-58(90)34-54/h8,13,15-16,22-23,30,32-35,37,43,49-51,56-57,59,61,64-65,71-72,74,86-90,92H,2-7,9-12,17-19,21,24-29,31,36,38-42,44-48H2,1H3,(H3,83,84,85). The van der Waals surface area contributed by atoms with Gasteiger partial charge in [0.1, 0.15) is 5.75 Å². The largest absolute Gasteiger partial charge is 0.508 e. The molecule has 94 heavy (non-hydrogen) atoms. The van der Waals surface area contributed by atoms with Crippen LogP contribution in [0.1, 0.15) is 231 Å². The average Bonchev–Trinajstić information content (AvgIpc) is 0.811. The van der Waals surface area contributed by atoms with Gasteiger partial charge < -0.3 is 51.2 Å². The van der Waals surface area contributed by atoms with E-state index in [0.717, 1.165) is 174 Å². The number of nitrogens with one attached hydrogen (secondary N) is 1. The third-order valence-corrected chi connectivity index (χ3v) is 28.9. The van der Waals surface area contributed by atoms with Crippen molar-refractivity contribution < 1.29 is 44.9 Å². The van der Waals surface area contributed by atoms with Crippen LogP contribution >= 0.6 is 0 Å². The van der Waals surface area contributed by atoms with Crippen molar-refractivity contribution in [3.05, 3.63) is 135 Å². The van der Waals surface area contributed by atoms with Gasteiger partial charge in [-0.05, 0) is 208 Å². The zero-order chi connectivity index (χ0) is 64.2. The summed E-state index contributed by atoms with van der Waals surface area (Å²) in [5.41, 5.74) is 12.7. The fraction of sp³-hybridized carbons (Fsp3) is 0.634. The van der Waals surface area contributed by atoms with Crippen LogP contribution in [0.2, 0.25) is 0 Å². The van der Waals surface area contributed by atoms with E-state index >= 15 is 4.79 Å². The second kappa shape index (κ2) is 23.0. The monoisotopic (exact) mass is 1270 g/mol. The molecule has 2 heterocycles. The maximum absolute atomic E-state index is 16.2. The molecule has 14 aliphatic rings. The Bertz CT molecular complexity index is 3770. The highest BCUT2D eigenvalue weighted by molar-refractivity contribution is 5.98. The van der Waals surface area contributed by atoms with E-state index in [9.17, 15) is 30.6 Å². The second-order valence-corrected chi connectivity index (χ2v) is 33.3. The molecule has 0 aromatic heterocycles. The molecule has 14 bridgehead atoms. The molecule has 2 aliphatic heterocycles. The number of hydrogen-bond donors (Lipinski definition) is 8. The molecule has 7 saturated carbocycles. The molecule has 9 N–H and O–H groups in total. The van der Waals surface area contributed by atoms with Gasteiger partial charge in [0, 0.05) is 81.0 Å². The minimum Gasteiger partial charge on any atom is -0.508 e. The van der Waals surface area contributed by atoms with Gasteiger partial charge in [-0.1, -0.05) is 130 Å². The zero-order valence-electron chi connectivity index (χ0n) is 55.5. The van der Waals surface area contributed by atoms with Crippen LogP contribution in [0.4, 0.5) is 0 Å². The Morgan fingerprint density at radius 1 is 0.798 bits per heavy atom. The maximum atomic E-state index is 16.2. The predicted molar refractivity (Wildman–Crippen MR) is 363 cm³/mol.